The zero-order chi connectivity index (χ0) is 16.6. The predicted molar refractivity (Wildman–Crippen MR) is 93.5 cm³/mol. The number of hydrogen-bond acceptors (Lipinski definition) is 3. The highest BCUT2D eigenvalue weighted by Gasteiger charge is 2.34. The van der Waals surface area contributed by atoms with Gasteiger partial charge in [0.05, 0.1) is 24.6 Å². The Morgan fingerprint density at radius 3 is 2.61 bits per heavy atom. The molecular formula is C18H18BrNO3. The Balaban J connectivity index is 1.97. The number of hydrogen-bond donors (Lipinski definition) is 0. The number of nitrogens with zero attached hydrogens (tertiary/aromatic N) is 1. The summed E-state index contributed by atoms with van der Waals surface area (Å²) in [7, 11) is 5.04. The van der Waals surface area contributed by atoms with Crippen LogP contribution in [0.4, 0.5) is 5.69 Å². The van der Waals surface area contributed by atoms with Crippen LogP contribution in [0.15, 0.2) is 40.9 Å². The van der Waals surface area contributed by atoms with E-state index in [1.54, 1.807) is 19.1 Å². The van der Waals surface area contributed by atoms with Gasteiger partial charge in [0.2, 0.25) is 5.91 Å². The van der Waals surface area contributed by atoms with Gasteiger partial charge >= 0.3 is 0 Å². The van der Waals surface area contributed by atoms with Crippen molar-refractivity contribution in [1.82, 2.24) is 0 Å². The van der Waals surface area contributed by atoms with Crippen molar-refractivity contribution in [2.45, 2.75) is 12.3 Å². The van der Waals surface area contributed by atoms with Gasteiger partial charge in [-0.3, -0.25) is 4.79 Å². The topological polar surface area (TPSA) is 38.8 Å². The van der Waals surface area contributed by atoms with Gasteiger partial charge in [-0.05, 0) is 51.7 Å². The third-order valence-corrected chi connectivity index (χ3v) is 4.82. The van der Waals surface area contributed by atoms with Crippen LogP contribution in [0.5, 0.6) is 11.5 Å². The second kappa shape index (κ2) is 6.24. The molecule has 23 heavy (non-hydrogen) atoms. The van der Waals surface area contributed by atoms with E-state index in [1.807, 2.05) is 43.4 Å². The molecule has 1 aliphatic heterocycles. The number of amides is 1. The molecule has 1 heterocycles. The molecule has 2 aromatic rings. The van der Waals surface area contributed by atoms with E-state index in [0.29, 0.717) is 17.9 Å². The first-order valence-corrected chi connectivity index (χ1v) is 8.13. The third kappa shape index (κ3) is 2.70. The molecule has 0 unspecified atom stereocenters. The summed E-state index contributed by atoms with van der Waals surface area (Å²) in [5.74, 6) is 1.27. The largest absolute Gasteiger partial charge is 0.493 e. The highest BCUT2D eigenvalue weighted by Crippen LogP contribution is 2.41. The van der Waals surface area contributed by atoms with Gasteiger partial charge < -0.3 is 14.4 Å². The van der Waals surface area contributed by atoms with E-state index >= 15 is 0 Å². The van der Waals surface area contributed by atoms with Crippen LogP contribution in [0, 0.1) is 0 Å². The molecule has 1 amide bonds. The van der Waals surface area contributed by atoms with Crippen LogP contribution in [0.25, 0.3) is 0 Å². The Morgan fingerprint density at radius 2 is 1.91 bits per heavy atom. The smallest absolute Gasteiger partial charge is 0.234 e. The molecule has 1 aliphatic rings. The normalized spacial score (nSPS) is 16.4. The quantitative estimate of drug-likeness (QED) is 0.816. The Hall–Kier alpha value is -2.01. The molecule has 0 fully saturated rings. The SMILES string of the molecule is COc1cc(C[C@@H]2C(=O)N(C)c3ccccc32)cc(Br)c1OC. The number of likely N-dealkylation sites (N-methyl/N-ethyl adjacent to an activating group) is 1. The van der Waals surface area contributed by atoms with E-state index in [0.717, 1.165) is 21.3 Å². The maximum Gasteiger partial charge on any atom is 0.234 e. The predicted octanol–water partition coefficient (Wildman–Crippen LogP) is 3.77. The van der Waals surface area contributed by atoms with Crippen molar-refractivity contribution in [3.8, 4) is 11.5 Å². The standard InChI is InChI=1S/C18H18BrNO3/c1-20-15-7-5-4-6-12(15)13(18(20)21)8-11-9-14(19)17(23-3)16(10-11)22-2/h4-7,9-10,13H,8H2,1-3H3/t13-/m0/s1. The van der Waals surface area contributed by atoms with Gasteiger partial charge in [0.1, 0.15) is 0 Å². The molecule has 4 nitrogen and oxygen atoms in total. The molecule has 0 bridgehead atoms. The van der Waals surface area contributed by atoms with Gasteiger partial charge in [0.25, 0.3) is 0 Å². The van der Waals surface area contributed by atoms with Crippen LogP contribution in [-0.4, -0.2) is 27.2 Å². The summed E-state index contributed by atoms with van der Waals surface area (Å²) in [4.78, 5) is 14.3. The lowest BCUT2D eigenvalue weighted by Gasteiger charge is -2.15. The summed E-state index contributed by atoms with van der Waals surface area (Å²) in [6.45, 7) is 0. The molecule has 120 valence electrons. The van der Waals surface area contributed by atoms with Gasteiger partial charge in [-0.15, -0.1) is 0 Å². The second-order valence-electron chi connectivity index (χ2n) is 5.53. The molecule has 0 spiro atoms. The molecule has 0 aliphatic carbocycles. The first kappa shape index (κ1) is 15.9. The van der Waals surface area contributed by atoms with Gasteiger partial charge in [0.15, 0.2) is 11.5 Å². The fourth-order valence-electron chi connectivity index (χ4n) is 3.10. The number of halogens is 1. The molecule has 0 saturated carbocycles. The van der Waals surface area contributed by atoms with Crippen molar-refractivity contribution < 1.29 is 14.3 Å². The molecular weight excluding hydrogens is 358 g/mol. The molecule has 0 N–H and O–H groups in total. The minimum atomic E-state index is -0.166. The molecule has 0 aromatic heterocycles. The fraction of sp³-hybridized carbons (Fsp3) is 0.278. The number of para-hydroxylation sites is 1. The average Bonchev–Trinajstić information content (AvgIpc) is 2.80. The van der Waals surface area contributed by atoms with Crippen LogP contribution < -0.4 is 14.4 Å². The van der Waals surface area contributed by atoms with Crippen LogP contribution in [0.1, 0.15) is 17.0 Å². The van der Waals surface area contributed by atoms with Gasteiger partial charge in [-0.25, -0.2) is 0 Å². The van der Waals surface area contributed by atoms with E-state index < -0.39 is 0 Å². The van der Waals surface area contributed by atoms with Gasteiger partial charge in [0, 0.05) is 12.7 Å². The third-order valence-electron chi connectivity index (χ3n) is 4.24. The first-order chi connectivity index (χ1) is 11.1. The van der Waals surface area contributed by atoms with E-state index in [4.69, 9.17) is 9.47 Å². The Morgan fingerprint density at radius 1 is 1.17 bits per heavy atom. The molecule has 2 aromatic carbocycles. The highest BCUT2D eigenvalue weighted by atomic mass is 79.9. The van der Waals surface area contributed by atoms with Crippen molar-refractivity contribution in [3.05, 3.63) is 52.0 Å². The van der Waals surface area contributed by atoms with E-state index in [2.05, 4.69) is 15.9 Å². The minimum Gasteiger partial charge on any atom is -0.493 e. The lowest BCUT2D eigenvalue weighted by Crippen LogP contribution is -2.24. The molecule has 0 saturated heterocycles. The highest BCUT2D eigenvalue weighted by molar-refractivity contribution is 9.10. The van der Waals surface area contributed by atoms with Crippen molar-refractivity contribution in [2.75, 3.05) is 26.2 Å². The maximum absolute atomic E-state index is 12.6. The summed E-state index contributed by atoms with van der Waals surface area (Å²) < 4.78 is 11.5. The van der Waals surface area contributed by atoms with Crippen molar-refractivity contribution in [1.29, 1.82) is 0 Å². The van der Waals surface area contributed by atoms with E-state index in [9.17, 15) is 4.79 Å². The Labute approximate surface area is 144 Å². The number of rotatable bonds is 4. The van der Waals surface area contributed by atoms with Crippen LogP contribution in [0.3, 0.4) is 0 Å². The van der Waals surface area contributed by atoms with Crippen LogP contribution >= 0.6 is 15.9 Å². The minimum absolute atomic E-state index is 0.122. The van der Waals surface area contributed by atoms with Crippen molar-refractivity contribution in [3.63, 3.8) is 0 Å². The fourth-order valence-corrected chi connectivity index (χ4v) is 3.75. The summed E-state index contributed by atoms with van der Waals surface area (Å²) in [6, 6.07) is 11.9. The Kier molecular flexibility index (Phi) is 4.31. The maximum atomic E-state index is 12.6. The molecule has 0 radical (unpaired) electrons. The summed E-state index contributed by atoms with van der Waals surface area (Å²) in [6.07, 6.45) is 0.624. The number of carbonyl (C=O) groups is 1. The van der Waals surface area contributed by atoms with E-state index in [1.165, 1.54) is 0 Å². The molecule has 1 atom stereocenters. The number of benzene rings is 2. The van der Waals surface area contributed by atoms with Crippen LogP contribution in [-0.2, 0) is 11.2 Å². The molecule has 5 heteroatoms. The van der Waals surface area contributed by atoms with Gasteiger partial charge in [-0.1, -0.05) is 18.2 Å². The first-order valence-electron chi connectivity index (χ1n) is 7.33. The van der Waals surface area contributed by atoms with Gasteiger partial charge in [-0.2, -0.15) is 0 Å². The zero-order valence-electron chi connectivity index (χ0n) is 13.3. The second-order valence-corrected chi connectivity index (χ2v) is 6.38. The zero-order valence-corrected chi connectivity index (χ0v) is 14.9. The van der Waals surface area contributed by atoms with E-state index in [-0.39, 0.29) is 11.8 Å². The lowest BCUT2D eigenvalue weighted by molar-refractivity contribution is -0.119. The van der Waals surface area contributed by atoms with Crippen molar-refractivity contribution in [2.24, 2.45) is 0 Å². The summed E-state index contributed by atoms with van der Waals surface area (Å²) >= 11 is 3.51. The van der Waals surface area contributed by atoms with Crippen molar-refractivity contribution >= 4 is 27.5 Å². The number of fused-ring (bicyclic) bond motifs is 1. The number of ether oxygens (including phenoxy) is 2. The number of carbonyl (C=O) groups excluding carboxylic acids is 1. The lowest BCUT2D eigenvalue weighted by atomic mass is 9.93. The average molecular weight is 376 g/mol. The Bertz CT molecular complexity index is 760. The van der Waals surface area contributed by atoms with Crippen LogP contribution in [0.2, 0.25) is 0 Å². The summed E-state index contributed by atoms with van der Waals surface area (Å²) in [5.41, 5.74) is 3.09. The molecule has 3 rings (SSSR count). The monoisotopic (exact) mass is 375 g/mol. The number of methoxy groups -OCH3 is 2. The number of anilines is 1. The summed E-state index contributed by atoms with van der Waals surface area (Å²) in [5, 5.41) is 0.